The second kappa shape index (κ2) is 8.44. The molecule has 0 fully saturated rings. The van der Waals surface area contributed by atoms with Gasteiger partial charge in [0.05, 0.1) is 5.92 Å². The van der Waals surface area contributed by atoms with Crippen molar-refractivity contribution in [3.8, 4) is 0 Å². The minimum Gasteiger partial charge on any atom is -0.354 e. The molecule has 1 atom stereocenters. The lowest BCUT2D eigenvalue weighted by atomic mass is 9.91. The van der Waals surface area contributed by atoms with Crippen LogP contribution in [0.5, 0.6) is 0 Å². The normalized spacial score (nSPS) is 12.2. The summed E-state index contributed by atoms with van der Waals surface area (Å²) in [5, 5.41) is 2.97. The number of nitrogens with one attached hydrogen (secondary N) is 1. The van der Waals surface area contributed by atoms with E-state index in [1.807, 2.05) is 49.3 Å². The number of likely N-dealkylation sites (N-methyl/N-ethyl adjacent to an activating group) is 1. The first-order valence-corrected chi connectivity index (χ1v) is 7.78. The molecule has 1 amide bonds. The van der Waals surface area contributed by atoms with E-state index in [0.717, 1.165) is 17.7 Å². The predicted molar refractivity (Wildman–Crippen MR) is 90.9 cm³/mol. The summed E-state index contributed by atoms with van der Waals surface area (Å²) >= 11 is 0. The van der Waals surface area contributed by atoms with E-state index in [1.54, 1.807) is 12.1 Å². The standard InChI is InChI=1S/C19H23FN2O/c1-22(2)13-12-21-19(23)18(14-15-6-4-3-5-7-15)16-8-10-17(20)11-9-16/h3-11,18H,12-14H2,1-2H3,(H,21,23). The Morgan fingerprint density at radius 3 is 2.35 bits per heavy atom. The monoisotopic (exact) mass is 314 g/mol. The number of amides is 1. The van der Waals surface area contributed by atoms with Crippen molar-refractivity contribution < 1.29 is 9.18 Å². The van der Waals surface area contributed by atoms with E-state index in [1.165, 1.54) is 12.1 Å². The van der Waals surface area contributed by atoms with Crippen molar-refractivity contribution in [3.05, 3.63) is 71.5 Å². The van der Waals surface area contributed by atoms with Gasteiger partial charge in [-0.1, -0.05) is 42.5 Å². The van der Waals surface area contributed by atoms with Gasteiger partial charge in [-0.05, 0) is 43.8 Å². The molecule has 0 aliphatic rings. The van der Waals surface area contributed by atoms with Crippen molar-refractivity contribution in [2.75, 3.05) is 27.2 Å². The highest BCUT2D eigenvalue weighted by molar-refractivity contribution is 5.84. The summed E-state index contributed by atoms with van der Waals surface area (Å²) < 4.78 is 13.2. The highest BCUT2D eigenvalue weighted by Gasteiger charge is 2.21. The summed E-state index contributed by atoms with van der Waals surface area (Å²) in [6, 6.07) is 16.1. The molecular weight excluding hydrogens is 291 g/mol. The second-order valence-electron chi connectivity index (χ2n) is 5.89. The first kappa shape index (κ1) is 17.2. The number of benzene rings is 2. The molecule has 0 saturated heterocycles. The maximum absolute atomic E-state index is 13.2. The van der Waals surface area contributed by atoms with E-state index in [2.05, 4.69) is 5.32 Å². The Morgan fingerprint density at radius 2 is 1.74 bits per heavy atom. The molecule has 0 spiro atoms. The Hall–Kier alpha value is -2.20. The highest BCUT2D eigenvalue weighted by atomic mass is 19.1. The third-order valence-corrected chi connectivity index (χ3v) is 3.73. The Balaban J connectivity index is 2.13. The minimum atomic E-state index is -0.319. The third kappa shape index (κ3) is 5.49. The maximum Gasteiger partial charge on any atom is 0.227 e. The van der Waals surface area contributed by atoms with E-state index < -0.39 is 0 Å². The lowest BCUT2D eigenvalue weighted by Crippen LogP contribution is -2.35. The molecule has 1 unspecified atom stereocenters. The fourth-order valence-electron chi connectivity index (χ4n) is 2.43. The van der Waals surface area contributed by atoms with Gasteiger partial charge >= 0.3 is 0 Å². The molecular formula is C19H23FN2O. The number of hydrogen-bond acceptors (Lipinski definition) is 2. The SMILES string of the molecule is CN(C)CCNC(=O)C(Cc1ccccc1)c1ccc(F)cc1. The molecule has 0 aliphatic carbocycles. The van der Waals surface area contributed by atoms with Crippen molar-refractivity contribution in [1.82, 2.24) is 10.2 Å². The zero-order valence-electron chi connectivity index (χ0n) is 13.6. The molecule has 0 aromatic heterocycles. The average Bonchev–Trinajstić information content (AvgIpc) is 2.54. The summed E-state index contributed by atoms with van der Waals surface area (Å²) in [5.74, 6) is -0.636. The first-order chi connectivity index (χ1) is 11.1. The summed E-state index contributed by atoms with van der Waals surface area (Å²) in [6.07, 6.45) is 0.597. The molecule has 2 aromatic rings. The van der Waals surface area contributed by atoms with Gasteiger partial charge in [-0.15, -0.1) is 0 Å². The van der Waals surface area contributed by atoms with Crippen LogP contribution in [-0.2, 0) is 11.2 Å². The van der Waals surface area contributed by atoms with Crippen LogP contribution in [0, 0.1) is 5.82 Å². The van der Waals surface area contributed by atoms with Gasteiger partial charge in [-0.3, -0.25) is 4.79 Å². The number of rotatable bonds is 7. The van der Waals surface area contributed by atoms with Crippen molar-refractivity contribution >= 4 is 5.91 Å². The molecule has 2 rings (SSSR count). The van der Waals surface area contributed by atoms with Crippen LogP contribution in [0.3, 0.4) is 0 Å². The Bertz CT molecular complexity index is 611. The number of hydrogen-bond donors (Lipinski definition) is 1. The van der Waals surface area contributed by atoms with Crippen LogP contribution in [0.4, 0.5) is 4.39 Å². The number of carbonyl (C=O) groups is 1. The summed E-state index contributed by atoms with van der Waals surface area (Å²) in [5.41, 5.74) is 1.92. The quantitative estimate of drug-likeness (QED) is 0.852. The van der Waals surface area contributed by atoms with Crippen LogP contribution < -0.4 is 5.32 Å². The molecule has 23 heavy (non-hydrogen) atoms. The average molecular weight is 314 g/mol. The smallest absolute Gasteiger partial charge is 0.227 e. The number of carbonyl (C=O) groups excluding carboxylic acids is 1. The summed E-state index contributed by atoms with van der Waals surface area (Å²) in [7, 11) is 3.93. The second-order valence-corrected chi connectivity index (χ2v) is 5.89. The van der Waals surface area contributed by atoms with Gasteiger partial charge < -0.3 is 10.2 Å². The molecule has 4 heteroatoms. The molecule has 1 N–H and O–H groups in total. The van der Waals surface area contributed by atoms with Crippen LogP contribution >= 0.6 is 0 Å². The molecule has 0 saturated carbocycles. The van der Waals surface area contributed by atoms with E-state index in [4.69, 9.17) is 0 Å². The van der Waals surface area contributed by atoms with Crippen LogP contribution in [-0.4, -0.2) is 38.0 Å². The molecule has 0 bridgehead atoms. The number of nitrogens with zero attached hydrogens (tertiary/aromatic N) is 1. The fourth-order valence-corrected chi connectivity index (χ4v) is 2.43. The largest absolute Gasteiger partial charge is 0.354 e. The fraction of sp³-hybridized carbons (Fsp3) is 0.316. The van der Waals surface area contributed by atoms with Crippen LogP contribution in [0.25, 0.3) is 0 Å². The Morgan fingerprint density at radius 1 is 1.09 bits per heavy atom. The lowest BCUT2D eigenvalue weighted by molar-refractivity contribution is -0.122. The van der Waals surface area contributed by atoms with Crippen LogP contribution in [0.2, 0.25) is 0 Å². The summed E-state index contributed by atoms with van der Waals surface area (Å²) in [6.45, 7) is 1.38. The van der Waals surface area contributed by atoms with Crippen molar-refractivity contribution in [3.63, 3.8) is 0 Å². The maximum atomic E-state index is 13.2. The van der Waals surface area contributed by atoms with Crippen molar-refractivity contribution in [2.45, 2.75) is 12.3 Å². The molecule has 2 aromatic carbocycles. The third-order valence-electron chi connectivity index (χ3n) is 3.73. The van der Waals surface area contributed by atoms with Gasteiger partial charge in [0.25, 0.3) is 0 Å². The molecule has 122 valence electrons. The van der Waals surface area contributed by atoms with E-state index in [9.17, 15) is 9.18 Å². The van der Waals surface area contributed by atoms with Gasteiger partial charge in [0.15, 0.2) is 0 Å². The summed E-state index contributed by atoms with van der Waals surface area (Å²) in [4.78, 5) is 14.6. The molecule has 3 nitrogen and oxygen atoms in total. The van der Waals surface area contributed by atoms with Crippen LogP contribution in [0.1, 0.15) is 17.0 Å². The van der Waals surface area contributed by atoms with E-state index >= 15 is 0 Å². The predicted octanol–water partition coefficient (Wildman–Crippen LogP) is 2.83. The van der Waals surface area contributed by atoms with Gasteiger partial charge in [0.2, 0.25) is 5.91 Å². The topological polar surface area (TPSA) is 32.3 Å². The number of halogens is 1. The van der Waals surface area contributed by atoms with Gasteiger partial charge in [-0.2, -0.15) is 0 Å². The van der Waals surface area contributed by atoms with E-state index in [0.29, 0.717) is 13.0 Å². The zero-order chi connectivity index (χ0) is 16.7. The Kier molecular flexibility index (Phi) is 6.29. The Labute approximate surface area is 137 Å². The molecule has 0 aliphatic heterocycles. The first-order valence-electron chi connectivity index (χ1n) is 7.78. The van der Waals surface area contributed by atoms with Gasteiger partial charge in [0.1, 0.15) is 5.82 Å². The lowest BCUT2D eigenvalue weighted by Gasteiger charge is -2.18. The van der Waals surface area contributed by atoms with Crippen molar-refractivity contribution in [1.29, 1.82) is 0 Å². The highest BCUT2D eigenvalue weighted by Crippen LogP contribution is 2.21. The minimum absolute atomic E-state index is 0.0256. The molecule has 0 heterocycles. The van der Waals surface area contributed by atoms with Crippen molar-refractivity contribution in [2.24, 2.45) is 0 Å². The zero-order valence-corrected chi connectivity index (χ0v) is 13.6. The molecule has 0 radical (unpaired) electrons. The van der Waals surface area contributed by atoms with Gasteiger partial charge in [-0.25, -0.2) is 4.39 Å². The van der Waals surface area contributed by atoms with E-state index in [-0.39, 0.29) is 17.6 Å². The van der Waals surface area contributed by atoms with Crippen LogP contribution in [0.15, 0.2) is 54.6 Å². The van der Waals surface area contributed by atoms with Gasteiger partial charge in [0, 0.05) is 13.1 Å².